The topological polar surface area (TPSA) is 101 Å². The minimum atomic E-state index is -4.28. The lowest BCUT2D eigenvalue weighted by Crippen LogP contribution is -2.22. The number of ether oxygens (including phenoxy) is 1. The molecule has 25 heavy (non-hydrogen) atoms. The second-order valence-electron chi connectivity index (χ2n) is 5.37. The van der Waals surface area contributed by atoms with Gasteiger partial charge in [0.2, 0.25) is 5.88 Å². The highest BCUT2D eigenvalue weighted by atomic mass is 32.2. The lowest BCUT2D eigenvalue weighted by Gasteiger charge is -2.12. The summed E-state index contributed by atoms with van der Waals surface area (Å²) in [6, 6.07) is 15.8. The highest BCUT2D eigenvalue weighted by Crippen LogP contribution is 2.21. The van der Waals surface area contributed by atoms with Crippen molar-refractivity contribution in [3.05, 3.63) is 65.0 Å². The molecule has 1 aromatic heterocycles. The van der Waals surface area contributed by atoms with Crippen LogP contribution in [0, 0.1) is 0 Å². The number of fused-ring (bicyclic) bond motifs is 1. The Morgan fingerprint density at radius 2 is 1.64 bits per heavy atom. The number of benzene rings is 2. The van der Waals surface area contributed by atoms with E-state index in [1.807, 2.05) is 6.07 Å². The molecular formula is C17H15N2O5S-. The van der Waals surface area contributed by atoms with E-state index in [4.69, 9.17) is 4.74 Å². The maximum Gasteiger partial charge on any atom is 0.279 e. The molecule has 0 amide bonds. The molecule has 3 aromatic rings. The van der Waals surface area contributed by atoms with Crippen LogP contribution in [-0.4, -0.2) is 35.1 Å². The van der Waals surface area contributed by atoms with E-state index >= 15 is 0 Å². The molecule has 0 aliphatic carbocycles. The number of aromatic nitrogens is 2. The number of hydrogen-bond donors (Lipinski definition) is 0. The van der Waals surface area contributed by atoms with E-state index in [0.29, 0.717) is 16.5 Å². The fraction of sp³-hybridized carbons (Fsp3) is 0.176. The Hall–Kier alpha value is -2.71. The largest absolute Gasteiger partial charge is 0.748 e. The summed E-state index contributed by atoms with van der Waals surface area (Å²) < 4.78 is 38.8. The fourth-order valence-corrected chi connectivity index (χ4v) is 2.89. The van der Waals surface area contributed by atoms with E-state index in [0.717, 1.165) is 0 Å². The average Bonchev–Trinajstić information content (AvgIpc) is 2.60. The Morgan fingerprint density at radius 1 is 1.00 bits per heavy atom. The van der Waals surface area contributed by atoms with E-state index in [9.17, 15) is 17.8 Å². The summed E-state index contributed by atoms with van der Waals surface area (Å²) in [6.07, 6.45) is 0.0479. The van der Waals surface area contributed by atoms with Gasteiger partial charge in [-0.25, -0.2) is 8.42 Å². The van der Waals surface area contributed by atoms with Crippen molar-refractivity contribution in [1.29, 1.82) is 0 Å². The molecule has 7 nitrogen and oxygen atoms in total. The van der Waals surface area contributed by atoms with Gasteiger partial charge in [-0.2, -0.15) is 4.68 Å². The Labute approximate surface area is 144 Å². The first kappa shape index (κ1) is 17.1. The maximum atomic E-state index is 12.7. The van der Waals surface area contributed by atoms with E-state index < -0.39 is 15.9 Å². The van der Waals surface area contributed by atoms with Crippen molar-refractivity contribution >= 4 is 20.9 Å². The zero-order chi connectivity index (χ0) is 17.9. The molecule has 0 fully saturated rings. The normalized spacial score (nSPS) is 11.6. The molecule has 1 heterocycles. The first-order valence-corrected chi connectivity index (χ1v) is 9.17. The van der Waals surface area contributed by atoms with E-state index in [1.165, 1.54) is 4.68 Å². The van der Waals surface area contributed by atoms with Crippen molar-refractivity contribution in [1.82, 2.24) is 9.78 Å². The Bertz CT molecular complexity index is 1050. The van der Waals surface area contributed by atoms with Crippen LogP contribution in [0.15, 0.2) is 59.4 Å². The van der Waals surface area contributed by atoms with Crippen LogP contribution in [0.5, 0.6) is 5.88 Å². The highest BCUT2D eigenvalue weighted by Gasteiger charge is 2.12. The van der Waals surface area contributed by atoms with Gasteiger partial charge in [0.15, 0.2) is 0 Å². The Morgan fingerprint density at radius 3 is 2.32 bits per heavy atom. The maximum absolute atomic E-state index is 12.7. The van der Waals surface area contributed by atoms with Gasteiger partial charge in [0.05, 0.1) is 33.2 Å². The third-order valence-corrected chi connectivity index (χ3v) is 4.34. The summed E-state index contributed by atoms with van der Waals surface area (Å²) in [5.74, 6) is -0.300. The lowest BCUT2D eigenvalue weighted by atomic mass is 10.2. The molecule has 3 rings (SSSR count). The van der Waals surface area contributed by atoms with Crippen molar-refractivity contribution in [3.63, 3.8) is 0 Å². The molecule has 0 aliphatic heterocycles. The quantitative estimate of drug-likeness (QED) is 0.490. The van der Waals surface area contributed by atoms with Crippen molar-refractivity contribution < 1.29 is 17.7 Å². The summed E-state index contributed by atoms with van der Waals surface area (Å²) in [4.78, 5) is 12.7. The van der Waals surface area contributed by atoms with Crippen LogP contribution in [0.2, 0.25) is 0 Å². The molecule has 0 radical (unpaired) electrons. The van der Waals surface area contributed by atoms with Crippen molar-refractivity contribution in [2.24, 2.45) is 0 Å². The number of rotatable bonds is 6. The Kier molecular flexibility index (Phi) is 4.82. The molecule has 0 N–H and O–H groups in total. The second kappa shape index (κ2) is 7.04. The van der Waals surface area contributed by atoms with E-state index in [1.54, 1.807) is 48.5 Å². The molecular weight excluding hydrogens is 344 g/mol. The van der Waals surface area contributed by atoms with Crippen molar-refractivity contribution in [2.75, 3.05) is 12.4 Å². The molecule has 0 saturated heterocycles. The van der Waals surface area contributed by atoms with Gasteiger partial charge in [0.1, 0.15) is 0 Å². The predicted molar refractivity (Wildman–Crippen MR) is 92.0 cm³/mol. The summed E-state index contributed by atoms with van der Waals surface area (Å²) >= 11 is 0. The molecule has 0 atom stereocenters. The van der Waals surface area contributed by atoms with Crippen molar-refractivity contribution in [2.45, 2.75) is 6.42 Å². The average molecular weight is 359 g/mol. The van der Waals surface area contributed by atoms with Gasteiger partial charge in [-0.05, 0) is 30.7 Å². The van der Waals surface area contributed by atoms with Gasteiger partial charge >= 0.3 is 0 Å². The van der Waals surface area contributed by atoms with Crippen LogP contribution in [0.1, 0.15) is 6.42 Å². The van der Waals surface area contributed by atoms with E-state index in [-0.39, 0.29) is 24.5 Å². The smallest absolute Gasteiger partial charge is 0.279 e. The molecule has 0 aliphatic rings. The third-order valence-electron chi connectivity index (χ3n) is 3.55. The lowest BCUT2D eigenvalue weighted by molar-refractivity contribution is 0.301. The number of para-hydroxylation sites is 1. The molecule has 0 unspecified atom stereocenters. The molecule has 8 heteroatoms. The first-order chi connectivity index (χ1) is 12.0. The molecule has 0 saturated carbocycles. The van der Waals surface area contributed by atoms with Crippen LogP contribution in [0.4, 0.5) is 0 Å². The minimum absolute atomic E-state index is 0.00541. The van der Waals surface area contributed by atoms with Gasteiger partial charge in [0.25, 0.3) is 5.56 Å². The SMILES string of the molecule is O=c1c2ccccc2c(OCCCS(=O)(=O)[O-])nn1-c1ccccc1. The zero-order valence-corrected chi connectivity index (χ0v) is 14.0. The van der Waals surface area contributed by atoms with Gasteiger partial charge in [-0.1, -0.05) is 30.3 Å². The monoisotopic (exact) mass is 359 g/mol. The Balaban J connectivity index is 1.99. The summed E-state index contributed by atoms with van der Waals surface area (Å²) in [6.45, 7) is 0.00541. The standard InChI is InChI=1S/C17H16N2O5S/c20-17-15-10-5-4-9-14(15)16(24-11-6-12-25(21,22)23)18-19(17)13-7-2-1-3-8-13/h1-5,7-10H,6,11-12H2,(H,21,22,23)/p-1. The van der Waals surface area contributed by atoms with Crippen molar-refractivity contribution in [3.8, 4) is 11.6 Å². The zero-order valence-electron chi connectivity index (χ0n) is 13.2. The summed E-state index contributed by atoms with van der Waals surface area (Å²) in [5.41, 5.74) is 0.307. The first-order valence-electron chi connectivity index (χ1n) is 7.59. The van der Waals surface area contributed by atoms with Crippen LogP contribution in [-0.2, 0) is 10.1 Å². The second-order valence-corrected chi connectivity index (χ2v) is 6.89. The van der Waals surface area contributed by atoms with Gasteiger partial charge in [-0.3, -0.25) is 4.79 Å². The summed E-state index contributed by atoms with van der Waals surface area (Å²) in [5, 5.41) is 5.23. The van der Waals surface area contributed by atoms with Crippen LogP contribution >= 0.6 is 0 Å². The predicted octanol–water partition coefficient (Wildman–Crippen LogP) is 1.70. The van der Waals surface area contributed by atoms with Gasteiger partial charge < -0.3 is 9.29 Å². The minimum Gasteiger partial charge on any atom is -0.748 e. The van der Waals surface area contributed by atoms with Gasteiger partial charge in [0, 0.05) is 5.75 Å². The molecule has 130 valence electrons. The number of hydrogen-bond acceptors (Lipinski definition) is 6. The third kappa shape index (κ3) is 4.04. The van der Waals surface area contributed by atoms with Gasteiger partial charge in [-0.15, -0.1) is 5.10 Å². The molecule has 0 spiro atoms. The summed E-state index contributed by atoms with van der Waals surface area (Å²) in [7, 11) is -4.28. The fourth-order valence-electron chi connectivity index (χ4n) is 2.42. The van der Waals surface area contributed by atoms with E-state index in [2.05, 4.69) is 5.10 Å². The molecule has 0 bridgehead atoms. The van der Waals surface area contributed by atoms with Crippen LogP contribution in [0.25, 0.3) is 16.5 Å². The molecule has 2 aromatic carbocycles. The highest BCUT2D eigenvalue weighted by molar-refractivity contribution is 7.85. The van der Waals surface area contributed by atoms with Crippen LogP contribution in [0.3, 0.4) is 0 Å². The number of nitrogens with zero attached hydrogens (tertiary/aromatic N) is 2. The van der Waals surface area contributed by atoms with Crippen LogP contribution < -0.4 is 10.3 Å².